The van der Waals surface area contributed by atoms with Crippen LogP contribution in [0.2, 0.25) is 0 Å². The number of nitrogens with one attached hydrogen (secondary N) is 3. The second kappa shape index (κ2) is 8.12. The van der Waals surface area contributed by atoms with Crippen molar-refractivity contribution in [1.29, 1.82) is 0 Å². The summed E-state index contributed by atoms with van der Waals surface area (Å²) >= 11 is 0. The molecule has 2 fully saturated rings. The van der Waals surface area contributed by atoms with Crippen LogP contribution < -0.4 is 16.2 Å². The van der Waals surface area contributed by atoms with Crippen LogP contribution in [0, 0.1) is 6.92 Å². The maximum atomic E-state index is 13.3. The first kappa shape index (κ1) is 18.6. The maximum absolute atomic E-state index is 13.3. The highest BCUT2D eigenvalue weighted by Gasteiger charge is 2.35. The molecule has 2 aromatic rings. The van der Waals surface area contributed by atoms with Gasteiger partial charge in [0, 0.05) is 25.2 Å². The first-order valence-corrected chi connectivity index (χ1v) is 9.64. The van der Waals surface area contributed by atoms with Gasteiger partial charge < -0.3 is 14.6 Å². The molecule has 2 amide bonds. The van der Waals surface area contributed by atoms with Gasteiger partial charge in [-0.1, -0.05) is 6.07 Å². The van der Waals surface area contributed by atoms with Gasteiger partial charge >= 0.3 is 0 Å². The number of hydrogen-bond donors (Lipinski definition) is 3. The Kier molecular flexibility index (Phi) is 5.40. The van der Waals surface area contributed by atoms with Crippen LogP contribution in [0.1, 0.15) is 42.5 Å². The Morgan fingerprint density at radius 1 is 1.29 bits per heavy atom. The summed E-state index contributed by atoms with van der Waals surface area (Å²) < 4.78 is 5.69. The van der Waals surface area contributed by atoms with Crippen molar-refractivity contribution in [3.05, 3.63) is 53.7 Å². The first-order chi connectivity index (χ1) is 13.6. The average molecular weight is 383 g/mol. The zero-order valence-electron chi connectivity index (χ0n) is 15.9. The third kappa shape index (κ3) is 4.23. The Bertz CT molecular complexity index is 837. The van der Waals surface area contributed by atoms with E-state index in [1.54, 1.807) is 11.1 Å². The van der Waals surface area contributed by atoms with E-state index in [4.69, 9.17) is 4.42 Å². The fourth-order valence-electron chi connectivity index (χ4n) is 3.77. The van der Waals surface area contributed by atoms with Crippen molar-refractivity contribution < 1.29 is 14.0 Å². The van der Waals surface area contributed by atoms with Crippen molar-refractivity contribution in [3.8, 4) is 0 Å². The molecule has 4 rings (SSSR count). The van der Waals surface area contributed by atoms with E-state index < -0.39 is 0 Å². The van der Waals surface area contributed by atoms with Gasteiger partial charge in [-0.25, -0.2) is 10.9 Å². The zero-order chi connectivity index (χ0) is 19.5. The summed E-state index contributed by atoms with van der Waals surface area (Å²) in [7, 11) is 0. The van der Waals surface area contributed by atoms with Crippen LogP contribution in [-0.2, 0) is 16.1 Å². The van der Waals surface area contributed by atoms with E-state index in [0.29, 0.717) is 25.9 Å². The lowest BCUT2D eigenvalue weighted by atomic mass is 10.1. The third-order valence-electron chi connectivity index (χ3n) is 5.22. The SMILES string of the molecule is Cc1ccc(C2CC(C(=O)N(Cc3ccccn3)C[C@@H]3CCC(=O)N3)NN2)o1. The number of rotatable bonds is 6. The molecular formula is C20H25N5O3. The third-order valence-corrected chi connectivity index (χ3v) is 5.22. The predicted molar refractivity (Wildman–Crippen MR) is 102 cm³/mol. The van der Waals surface area contributed by atoms with Crippen molar-refractivity contribution in [2.45, 2.75) is 50.9 Å². The molecule has 2 unspecified atom stereocenters. The van der Waals surface area contributed by atoms with Crippen LogP contribution >= 0.6 is 0 Å². The van der Waals surface area contributed by atoms with Gasteiger partial charge in [0.15, 0.2) is 0 Å². The summed E-state index contributed by atoms with van der Waals surface area (Å²) in [6.45, 7) is 2.79. The minimum atomic E-state index is -0.365. The fraction of sp³-hybridized carbons (Fsp3) is 0.450. The number of aromatic nitrogens is 1. The molecule has 8 heteroatoms. The van der Waals surface area contributed by atoms with Crippen LogP contribution in [0.5, 0.6) is 0 Å². The predicted octanol–water partition coefficient (Wildman–Crippen LogP) is 1.20. The lowest BCUT2D eigenvalue weighted by molar-refractivity contribution is -0.134. The number of nitrogens with zero attached hydrogens (tertiary/aromatic N) is 2. The van der Waals surface area contributed by atoms with E-state index >= 15 is 0 Å². The Labute approximate surface area is 163 Å². The normalized spacial score (nSPS) is 24.3. The molecule has 0 saturated carbocycles. The van der Waals surface area contributed by atoms with Gasteiger partial charge in [0.25, 0.3) is 0 Å². The van der Waals surface area contributed by atoms with Gasteiger partial charge in [0.05, 0.1) is 18.3 Å². The number of pyridine rings is 1. The van der Waals surface area contributed by atoms with Crippen molar-refractivity contribution in [2.24, 2.45) is 0 Å². The Hall–Kier alpha value is -2.71. The van der Waals surface area contributed by atoms with Crippen LogP contribution in [0.25, 0.3) is 0 Å². The smallest absolute Gasteiger partial charge is 0.241 e. The first-order valence-electron chi connectivity index (χ1n) is 9.64. The van der Waals surface area contributed by atoms with E-state index in [1.165, 1.54) is 0 Å². The minimum absolute atomic E-state index is 0.00919. The second-order valence-corrected chi connectivity index (χ2v) is 7.42. The molecule has 2 saturated heterocycles. The number of carbonyl (C=O) groups excluding carboxylic acids is 2. The van der Waals surface area contributed by atoms with E-state index in [2.05, 4.69) is 21.2 Å². The molecule has 0 aliphatic carbocycles. The molecule has 148 valence electrons. The number of carbonyl (C=O) groups is 2. The number of aryl methyl sites for hydroxylation is 1. The topological polar surface area (TPSA) is 99.5 Å². The highest BCUT2D eigenvalue weighted by atomic mass is 16.3. The van der Waals surface area contributed by atoms with Crippen LogP contribution in [0.15, 0.2) is 40.9 Å². The van der Waals surface area contributed by atoms with Gasteiger partial charge in [-0.05, 0) is 44.0 Å². The molecule has 0 bridgehead atoms. The second-order valence-electron chi connectivity index (χ2n) is 7.42. The Morgan fingerprint density at radius 2 is 2.18 bits per heavy atom. The van der Waals surface area contributed by atoms with E-state index in [0.717, 1.165) is 23.6 Å². The standard InChI is InChI=1S/C20H25N5O3/c1-13-5-7-18(28-13)16-10-17(24-23-16)20(27)25(11-14-4-2-3-9-21-14)12-15-6-8-19(26)22-15/h2-5,7,9,15-17,23-24H,6,8,10-12H2,1H3,(H,22,26)/t15-,16?,17?/m0/s1. The summed E-state index contributed by atoms with van der Waals surface area (Å²) in [4.78, 5) is 31.0. The van der Waals surface area contributed by atoms with Gasteiger partial charge in [-0.15, -0.1) is 0 Å². The zero-order valence-corrected chi connectivity index (χ0v) is 15.9. The van der Waals surface area contributed by atoms with E-state index in [1.807, 2.05) is 37.3 Å². The maximum Gasteiger partial charge on any atom is 0.241 e. The number of furan rings is 1. The quantitative estimate of drug-likeness (QED) is 0.693. The van der Waals surface area contributed by atoms with Gasteiger partial charge in [0.2, 0.25) is 11.8 Å². The number of hydrazine groups is 1. The lowest BCUT2D eigenvalue weighted by Gasteiger charge is -2.27. The summed E-state index contributed by atoms with van der Waals surface area (Å²) in [5.74, 6) is 1.70. The molecule has 4 heterocycles. The van der Waals surface area contributed by atoms with E-state index in [9.17, 15) is 9.59 Å². The van der Waals surface area contributed by atoms with Gasteiger partial charge in [-0.3, -0.25) is 14.6 Å². The largest absolute Gasteiger partial charge is 0.465 e. The van der Waals surface area contributed by atoms with Gasteiger partial charge in [0.1, 0.15) is 17.6 Å². The Balaban J connectivity index is 1.45. The van der Waals surface area contributed by atoms with Crippen LogP contribution in [0.3, 0.4) is 0 Å². The fourth-order valence-corrected chi connectivity index (χ4v) is 3.77. The molecular weight excluding hydrogens is 358 g/mol. The van der Waals surface area contributed by atoms with E-state index in [-0.39, 0.29) is 29.9 Å². The lowest BCUT2D eigenvalue weighted by Crippen LogP contribution is -2.49. The number of hydrogen-bond acceptors (Lipinski definition) is 6. The summed E-state index contributed by atoms with van der Waals surface area (Å²) in [5, 5.41) is 2.95. The van der Waals surface area contributed by atoms with Crippen LogP contribution in [0.4, 0.5) is 0 Å². The molecule has 0 radical (unpaired) electrons. The summed E-state index contributed by atoms with van der Waals surface area (Å²) in [6, 6.07) is 9.09. The van der Waals surface area contributed by atoms with Crippen molar-refractivity contribution in [2.75, 3.05) is 6.54 Å². The Morgan fingerprint density at radius 3 is 2.86 bits per heavy atom. The summed E-state index contributed by atoms with van der Waals surface area (Å²) in [6.07, 6.45) is 3.58. The molecule has 3 N–H and O–H groups in total. The molecule has 28 heavy (non-hydrogen) atoms. The van der Waals surface area contributed by atoms with Crippen molar-refractivity contribution in [1.82, 2.24) is 26.1 Å². The molecule has 3 atom stereocenters. The molecule has 8 nitrogen and oxygen atoms in total. The van der Waals surface area contributed by atoms with Crippen molar-refractivity contribution in [3.63, 3.8) is 0 Å². The highest BCUT2D eigenvalue weighted by molar-refractivity contribution is 5.83. The molecule has 2 aliphatic rings. The molecule has 2 aliphatic heterocycles. The molecule has 2 aromatic heterocycles. The average Bonchev–Trinajstić information content (AvgIpc) is 3.43. The number of amides is 2. The minimum Gasteiger partial charge on any atom is -0.465 e. The molecule has 0 spiro atoms. The molecule has 0 aromatic carbocycles. The van der Waals surface area contributed by atoms with Gasteiger partial charge in [-0.2, -0.15) is 0 Å². The monoisotopic (exact) mass is 383 g/mol. The summed E-state index contributed by atoms with van der Waals surface area (Å²) in [5.41, 5.74) is 7.09. The highest BCUT2D eigenvalue weighted by Crippen LogP contribution is 2.25. The van der Waals surface area contributed by atoms with Crippen LogP contribution in [-0.4, -0.2) is 40.3 Å². The van der Waals surface area contributed by atoms with Crippen molar-refractivity contribution >= 4 is 11.8 Å².